The first-order valence-electron chi connectivity index (χ1n) is 13.8. The van der Waals surface area contributed by atoms with Gasteiger partial charge in [-0.25, -0.2) is 0 Å². The van der Waals surface area contributed by atoms with Crippen LogP contribution in [0.25, 0.3) is 0 Å². The molecule has 4 nitrogen and oxygen atoms in total. The molecule has 196 valence electrons. The van der Waals surface area contributed by atoms with Crippen LogP contribution in [-0.2, 0) is 13.1 Å². The highest BCUT2D eigenvalue weighted by Crippen LogP contribution is 2.24. The van der Waals surface area contributed by atoms with Gasteiger partial charge in [-0.1, -0.05) is 119 Å². The summed E-state index contributed by atoms with van der Waals surface area (Å²) in [6.07, 6.45) is 3.94. The summed E-state index contributed by atoms with van der Waals surface area (Å²) < 4.78 is 1.94. The molecule has 4 rings (SSSR count). The minimum Gasteiger partial charge on any atom is -0.316 e. The molecule has 0 saturated heterocycles. The molecule has 0 radical (unpaired) electrons. The molecule has 0 atom stereocenters. The lowest BCUT2D eigenvalue weighted by Crippen LogP contribution is -2.41. The van der Waals surface area contributed by atoms with Gasteiger partial charge in [0, 0.05) is 17.4 Å². The van der Waals surface area contributed by atoms with Crippen molar-refractivity contribution in [2.24, 2.45) is 0 Å². The van der Waals surface area contributed by atoms with Crippen molar-refractivity contribution in [2.75, 3.05) is 4.90 Å². The molecule has 4 aromatic rings. The molecule has 38 heavy (non-hydrogen) atoms. The van der Waals surface area contributed by atoms with Crippen LogP contribution in [0.4, 0.5) is 10.5 Å². The van der Waals surface area contributed by atoms with E-state index in [1.807, 2.05) is 34.0 Å². The third kappa shape index (κ3) is 6.63. The smallest absolute Gasteiger partial charge is 0.268 e. The number of hydrogen-bond acceptors (Lipinski definition) is 2. The lowest BCUT2D eigenvalue weighted by molar-refractivity contribution is 0.263. The summed E-state index contributed by atoms with van der Waals surface area (Å²) in [4.78, 5) is 16.0. The first-order valence-corrected chi connectivity index (χ1v) is 13.8. The van der Waals surface area contributed by atoms with Crippen LogP contribution in [0.5, 0.6) is 0 Å². The van der Waals surface area contributed by atoms with Crippen LogP contribution in [0, 0.1) is 0 Å². The molecule has 1 heterocycles. The summed E-state index contributed by atoms with van der Waals surface area (Å²) in [6, 6.07) is 25.2. The zero-order valence-corrected chi connectivity index (χ0v) is 23.7. The first-order chi connectivity index (χ1) is 18.2. The molecular formula is C33H40BN3O. The molecule has 5 heteroatoms. The summed E-state index contributed by atoms with van der Waals surface area (Å²) in [5.74, 6) is 1.25. The van der Waals surface area contributed by atoms with E-state index in [1.165, 1.54) is 27.7 Å². The second-order valence-corrected chi connectivity index (χ2v) is 11.2. The third-order valence-electron chi connectivity index (χ3n) is 7.21. The number of nitrogens with zero attached hydrogens (tertiary/aromatic N) is 3. The molecule has 1 aromatic heterocycles. The Morgan fingerprint density at radius 2 is 1.42 bits per heavy atom. The summed E-state index contributed by atoms with van der Waals surface area (Å²) in [5.41, 5.74) is 8.10. The fourth-order valence-electron chi connectivity index (χ4n) is 5.05. The number of carbonyl (C=O) groups excluding carboxylic acids is 1. The van der Waals surface area contributed by atoms with E-state index in [2.05, 4.69) is 107 Å². The van der Waals surface area contributed by atoms with Gasteiger partial charge in [0.1, 0.15) is 0 Å². The molecule has 0 aliphatic heterocycles. The Hall–Kier alpha value is -3.60. The molecule has 0 saturated carbocycles. The highest BCUT2D eigenvalue weighted by Gasteiger charge is 2.23. The van der Waals surface area contributed by atoms with Crippen molar-refractivity contribution >= 4 is 24.2 Å². The van der Waals surface area contributed by atoms with Crippen LogP contribution in [0.2, 0.25) is 0 Å². The zero-order valence-electron chi connectivity index (χ0n) is 23.7. The van der Waals surface area contributed by atoms with E-state index < -0.39 is 0 Å². The minimum absolute atomic E-state index is 0.105. The maximum Gasteiger partial charge on any atom is 0.268 e. The summed E-state index contributed by atoms with van der Waals surface area (Å²) in [6.45, 7) is 14.4. The number of amides is 1. The molecule has 3 aromatic carbocycles. The summed E-state index contributed by atoms with van der Waals surface area (Å²) in [7, 11) is 0.381. The van der Waals surface area contributed by atoms with E-state index in [1.54, 1.807) is 0 Å². The fraction of sp³-hybridized carbons (Fsp3) is 0.333. The van der Waals surface area contributed by atoms with E-state index in [4.69, 9.17) is 0 Å². The maximum absolute atomic E-state index is 14.1. The minimum atomic E-state index is 0.105. The first kappa shape index (κ1) is 27.4. The fourth-order valence-corrected chi connectivity index (χ4v) is 5.05. The average molecular weight is 506 g/mol. The Morgan fingerprint density at radius 3 is 2.00 bits per heavy atom. The van der Waals surface area contributed by atoms with Gasteiger partial charge in [0.25, 0.3) is 7.28 Å². The van der Waals surface area contributed by atoms with E-state index in [9.17, 15) is 4.79 Å². The Labute approximate surface area is 228 Å². The zero-order chi connectivity index (χ0) is 27.2. The predicted molar refractivity (Wildman–Crippen MR) is 161 cm³/mol. The van der Waals surface area contributed by atoms with Crippen LogP contribution in [-0.4, -0.2) is 22.9 Å². The molecule has 1 amide bonds. The number of rotatable bonds is 10. The molecule has 0 spiro atoms. The Kier molecular flexibility index (Phi) is 8.88. The molecule has 0 aliphatic carbocycles. The van der Waals surface area contributed by atoms with Crippen molar-refractivity contribution in [2.45, 2.75) is 72.4 Å². The van der Waals surface area contributed by atoms with Crippen molar-refractivity contribution in [3.63, 3.8) is 0 Å². The number of hydrogen-bond donors (Lipinski definition) is 0. The van der Waals surface area contributed by atoms with Gasteiger partial charge in [-0.2, -0.15) is 5.10 Å². The number of carbonyl (C=O) groups is 1. The van der Waals surface area contributed by atoms with Crippen molar-refractivity contribution in [1.82, 2.24) is 9.78 Å². The average Bonchev–Trinajstić information content (AvgIpc) is 3.34. The van der Waals surface area contributed by atoms with E-state index >= 15 is 0 Å². The van der Waals surface area contributed by atoms with Gasteiger partial charge in [-0.05, 0) is 41.0 Å². The molecular weight excluding hydrogens is 465 g/mol. The highest BCUT2D eigenvalue weighted by molar-refractivity contribution is 6.86. The van der Waals surface area contributed by atoms with Crippen molar-refractivity contribution in [3.05, 3.63) is 113 Å². The monoisotopic (exact) mass is 505 g/mol. The quantitative estimate of drug-likeness (QED) is 0.214. The van der Waals surface area contributed by atoms with Crippen molar-refractivity contribution in [3.8, 4) is 0 Å². The third-order valence-corrected chi connectivity index (χ3v) is 7.21. The maximum atomic E-state index is 14.1. The Morgan fingerprint density at radius 1 is 0.789 bits per heavy atom. The Balaban J connectivity index is 1.65. The summed E-state index contributed by atoms with van der Waals surface area (Å²) >= 11 is 0. The van der Waals surface area contributed by atoms with E-state index in [0.717, 1.165) is 11.3 Å². The van der Waals surface area contributed by atoms with Crippen LogP contribution in [0.15, 0.2) is 85.2 Å². The number of benzene rings is 3. The van der Waals surface area contributed by atoms with Gasteiger partial charge >= 0.3 is 0 Å². The van der Waals surface area contributed by atoms with Gasteiger partial charge in [0.2, 0.25) is 0 Å². The van der Waals surface area contributed by atoms with Gasteiger partial charge in [0.15, 0.2) is 5.81 Å². The number of aromatic nitrogens is 2. The lowest BCUT2D eigenvalue weighted by atomic mass is 9.62. The van der Waals surface area contributed by atoms with E-state index in [-0.39, 0.29) is 5.81 Å². The van der Waals surface area contributed by atoms with Gasteiger partial charge in [0.05, 0.1) is 19.3 Å². The van der Waals surface area contributed by atoms with Crippen LogP contribution in [0.3, 0.4) is 0 Å². The van der Waals surface area contributed by atoms with Gasteiger partial charge < -0.3 is 4.90 Å². The molecule has 0 bridgehead atoms. The standard InChI is InChI=1S/C33H40BN3O/c1-23(2)28-15-17-29(18-16-28)37(22-27-19-35-36(21-27)20-26-11-8-7-9-12-26)33(38)34-32-30(24(3)4)13-10-14-31(32)25(5)6/h7-19,21,23-25,34H,20,22H2,1-6H3. The lowest BCUT2D eigenvalue weighted by Gasteiger charge is -2.25. The second kappa shape index (κ2) is 12.3. The highest BCUT2D eigenvalue weighted by atomic mass is 16.2. The SMILES string of the molecule is CC(C)c1ccc(N(Cc2cnn(Cc3ccccc3)c2)C(=O)Bc2c(C(C)C)cccc2C(C)C)cc1. The largest absolute Gasteiger partial charge is 0.316 e. The molecule has 0 aliphatic rings. The predicted octanol–water partition coefficient (Wildman–Crippen LogP) is 7.19. The normalized spacial score (nSPS) is 11.4. The second-order valence-electron chi connectivity index (χ2n) is 11.2. The Bertz CT molecular complexity index is 1310. The van der Waals surface area contributed by atoms with Gasteiger partial charge in [-0.15, -0.1) is 0 Å². The van der Waals surface area contributed by atoms with Crippen LogP contribution >= 0.6 is 0 Å². The van der Waals surface area contributed by atoms with Crippen molar-refractivity contribution in [1.29, 1.82) is 0 Å². The van der Waals surface area contributed by atoms with Crippen LogP contribution < -0.4 is 10.4 Å². The van der Waals surface area contributed by atoms with Gasteiger partial charge in [-0.3, -0.25) is 9.48 Å². The van der Waals surface area contributed by atoms with E-state index in [0.29, 0.717) is 38.1 Å². The summed E-state index contributed by atoms with van der Waals surface area (Å²) in [5, 5.41) is 4.59. The molecule has 0 unspecified atom stereocenters. The van der Waals surface area contributed by atoms with Crippen LogP contribution in [0.1, 0.15) is 87.1 Å². The molecule has 0 N–H and O–H groups in total. The number of anilines is 1. The molecule has 0 fully saturated rings. The van der Waals surface area contributed by atoms with Crippen molar-refractivity contribution < 1.29 is 4.79 Å². The topological polar surface area (TPSA) is 38.1 Å².